The van der Waals surface area contributed by atoms with Crippen molar-refractivity contribution in [3.63, 3.8) is 0 Å². The van der Waals surface area contributed by atoms with Gasteiger partial charge in [0, 0.05) is 42.3 Å². The van der Waals surface area contributed by atoms with Gasteiger partial charge in [-0.2, -0.15) is 5.10 Å². The van der Waals surface area contributed by atoms with Gasteiger partial charge in [0.15, 0.2) is 0 Å². The van der Waals surface area contributed by atoms with E-state index < -0.39 is 5.97 Å². The van der Waals surface area contributed by atoms with Crippen molar-refractivity contribution in [2.75, 3.05) is 5.32 Å². The fourth-order valence-corrected chi connectivity index (χ4v) is 3.50. The number of aryl methyl sites for hydroxylation is 2. The van der Waals surface area contributed by atoms with E-state index in [1.165, 1.54) is 10.5 Å². The van der Waals surface area contributed by atoms with Crippen molar-refractivity contribution in [1.82, 2.24) is 19.2 Å². The number of pyridine rings is 1. The van der Waals surface area contributed by atoms with E-state index in [0.29, 0.717) is 17.0 Å². The van der Waals surface area contributed by atoms with Gasteiger partial charge in [-0.3, -0.25) is 13.9 Å². The molecule has 0 amide bonds. The van der Waals surface area contributed by atoms with Crippen LogP contribution in [0.15, 0.2) is 59.8 Å². The first-order chi connectivity index (χ1) is 14.3. The van der Waals surface area contributed by atoms with Gasteiger partial charge >= 0.3 is 5.97 Å². The predicted octanol–water partition coefficient (Wildman–Crippen LogP) is 3.27. The second-order valence-electron chi connectivity index (χ2n) is 7.27. The summed E-state index contributed by atoms with van der Waals surface area (Å²) in [5.41, 5.74) is 3.98. The van der Waals surface area contributed by atoms with E-state index >= 15 is 0 Å². The topological polar surface area (TPSA) is 102 Å². The Morgan fingerprint density at radius 1 is 1.20 bits per heavy atom. The fraction of sp³-hybridized carbons (Fsp3) is 0.182. The Hall–Kier alpha value is -3.94. The molecule has 1 atom stereocenters. The summed E-state index contributed by atoms with van der Waals surface area (Å²) in [6.07, 6.45) is 5.22. The van der Waals surface area contributed by atoms with Crippen LogP contribution in [-0.2, 0) is 7.05 Å². The molecule has 0 spiro atoms. The zero-order valence-electron chi connectivity index (χ0n) is 16.8. The molecule has 0 aliphatic carbocycles. The van der Waals surface area contributed by atoms with Crippen molar-refractivity contribution in [3.8, 4) is 11.3 Å². The minimum atomic E-state index is -1.01. The maximum atomic E-state index is 12.8. The van der Waals surface area contributed by atoms with Crippen molar-refractivity contribution in [2.24, 2.45) is 7.05 Å². The number of para-hydroxylation sites is 1. The molecule has 0 radical (unpaired) electrons. The highest BCUT2D eigenvalue weighted by atomic mass is 16.4. The first-order valence-corrected chi connectivity index (χ1v) is 9.45. The minimum Gasteiger partial charge on any atom is -0.478 e. The van der Waals surface area contributed by atoms with Crippen molar-refractivity contribution in [3.05, 3.63) is 82.0 Å². The van der Waals surface area contributed by atoms with Gasteiger partial charge in [0.1, 0.15) is 5.65 Å². The van der Waals surface area contributed by atoms with Crippen LogP contribution in [0.5, 0.6) is 0 Å². The average molecular weight is 403 g/mol. The molecule has 4 aromatic rings. The first-order valence-electron chi connectivity index (χ1n) is 9.45. The number of aromatic nitrogens is 4. The Kier molecular flexibility index (Phi) is 4.83. The Labute approximate surface area is 172 Å². The van der Waals surface area contributed by atoms with Gasteiger partial charge in [-0.25, -0.2) is 9.78 Å². The zero-order valence-corrected chi connectivity index (χ0v) is 16.8. The number of nitrogens with one attached hydrogen (secondary N) is 1. The third-order valence-electron chi connectivity index (χ3n) is 4.92. The van der Waals surface area contributed by atoms with Crippen LogP contribution in [-0.4, -0.2) is 30.2 Å². The number of hydrogen-bond acceptors (Lipinski definition) is 5. The number of fused-ring (bicyclic) bond motifs is 1. The molecule has 3 heterocycles. The van der Waals surface area contributed by atoms with E-state index in [4.69, 9.17) is 4.98 Å². The molecule has 8 heteroatoms. The molecular weight excluding hydrogens is 382 g/mol. The van der Waals surface area contributed by atoms with E-state index in [-0.39, 0.29) is 17.2 Å². The van der Waals surface area contributed by atoms with Crippen molar-refractivity contribution in [2.45, 2.75) is 19.9 Å². The van der Waals surface area contributed by atoms with Gasteiger partial charge in [0.25, 0.3) is 5.56 Å². The van der Waals surface area contributed by atoms with Gasteiger partial charge in [0.05, 0.1) is 23.5 Å². The van der Waals surface area contributed by atoms with Gasteiger partial charge in [-0.1, -0.05) is 12.1 Å². The highest BCUT2D eigenvalue weighted by Crippen LogP contribution is 2.26. The van der Waals surface area contributed by atoms with Crippen LogP contribution in [0.4, 0.5) is 5.69 Å². The molecule has 152 valence electrons. The fourth-order valence-electron chi connectivity index (χ4n) is 3.50. The number of rotatable bonds is 5. The maximum absolute atomic E-state index is 12.8. The number of hydrogen-bond donors (Lipinski definition) is 2. The summed E-state index contributed by atoms with van der Waals surface area (Å²) in [6, 6.07) is 9.88. The number of benzene rings is 1. The summed E-state index contributed by atoms with van der Waals surface area (Å²) in [5, 5.41) is 16.9. The highest BCUT2D eigenvalue weighted by molar-refractivity contribution is 5.94. The molecule has 3 aromatic heterocycles. The molecule has 0 saturated carbocycles. The summed E-state index contributed by atoms with van der Waals surface area (Å²) in [5.74, 6) is -1.01. The molecule has 30 heavy (non-hydrogen) atoms. The molecule has 0 bridgehead atoms. The monoisotopic (exact) mass is 403 g/mol. The van der Waals surface area contributed by atoms with Crippen LogP contribution in [0.3, 0.4) is 0 Å². The Balaban J connectivity index is 1.84. The lowest BCUT2D eigenvalue weighted by Crippen LogP contribution is -2.19. The van der Waals surface area contributed by atoms with E-state index in [9.17, 15) is 14.7 Å². The standard InChI is InChI=1S/C22H21N5O3/c1-13-8-17(14(2)24-18-7-5-4-6-16(18)22(29)30)21-25-19(9-20(28)27(21)11-13)15-10-23-26(3)12-15/h4-12,14,24H,1-3H3,(H,29,30). The van der Waals surface area contributed by atoms with Crippen LogP contribution < -0.4 is 10.9 Å². The molecule has 0 fully saturated rings. The SMILES string of the molecule is Cc1cc(C(C)Nc2ccccc2C(=O)O)c2nc(-c3cnn(C)c3)cc(=O)n2c1. The third-order valence-corrected chi connectivity index (χ3v) is 4.92. The quantitative estimate of drug-likeness (QED) is 0.530. The average Bonchev–Trinajstić information content (AvgIpc) is 3.14. The van der Waals surface area contributed by atoms with Crippen LogP contribution in [0.1, 0.15) is 34.5 Å². The molecule has 0 aliphatic rings. The number of nitrogens with zero attached hydrogens (tertiary/aromatic N) is 4. The smallest absolute Gasteiger partial charge is 0.337 e. The van der Waals surface area contributed by atoms with Gasteiger partial charge < -0.3 is 10.4 Å². The second kappa shape index (κ2) is 7.47. The number of carboxylic acids is 1. The molecular formula is C22H21N5O3. The zero-order chi connectivity index (χ0) is 21.4. The summed E-state index contributed by atoms with van der Waals surface area (Å²) in [6.45, 7) is 3.82. The van der Waals surface area contributed by atoms with Crippen LogP contribution >= 0.6 is 0 Å². The van der Waals surface area contributed by atoms with Gasteiger partial charge in [-0.15, -0.1) is 0 Å². The molecule has 2 N–H and O–H groups in total. The lowest BCUT2D eigenvalue weighted by molar-refractivity contribution is 0.0698. The molecule has 0 aliphatic heterocycles. The Bertz CT molecular complexity index is 1320. The maximum Gasteiger partial charge on any atom is 0.337 e. The first kappa shape index (κ1) is 19.4. The van der Waals surface area contributed by atoms with Gasteiger partial charge in [-0.05, 0) is 37.6 Å². The highest BCUT2D eigenvalue weighted by Gasteiger charge is 2.17. The number of carboxylic acid groups (broad SMARTS) is 1. The van der Waals surface area contributed by atoms with Crippen LogP contribution in [0.25, 0.3) is 16.9 Å². The van der Waals surface area contributed by atoms with Crippen molar-refractivity contribution >= 4 is 17.3 Å². The predicted molar refractivity (Wildman–Crippen MR) is 114 cm³/mol. The number of anilines is 1. The molecule has 8 nitrogen and oxygen atoms in total. The van der Waals surface area contributed by atoms with Gasteiger partial charge in [0.2, 0.25) is 0 Å². The lowest BCUT2D eigenvalue weighted by Gasteiger charge is -2.19. The van der Waals surface area contributed by atoms with E-state index in [0.717, 1.165) is 16.7 Å². The molecule has 1 unspecified atom stereocenters. The lowest BCUT2D eigenvalue weighted by atomic mass is 10.1. The molecule has 1 aromatic carbocycles. The van der Waals surface area contributed by atoms with Crippen LogP contribution in [0, 0.1) is 6.92 Å². The summed E-state index contributed by atoms with van der Waals surface area (Å²) in [4.78, 5) is 29.1. The minimum absolute atomic E-state index is 0.183. The second-order valence-corrected chi connectivity index (χ2v) is 7.27. The van der Waals surface area contributed by atoms with E-state index in [2.05, 4.69) is 10.4 Å². The normalized spacial score (nSPS) is 12.1. The number of aromatic carboxylic acids is 1. The summed E-state index contributed by atoms with van der Waals surface area (Å²) in [7, 11) is 1.80. The third kappa shape index (κ3) is 3.55. The number of carbonyl (C=O) groups is 1. The van der Waals surface area contributed by atoms with E-state index in [1.807, 2.05) is 19.9 Å². The molecule has 4 rings (SSSR count). The van der Waals surface area contributed by atoms with E-state index in [1.54, 1.807) is 54.6 Å². The Morgan fingerprint density at radius 3 is 2.67 bits per heavy atom. The molecule has 0 saturated heterocycles. The van der Waals surface area contributed by atoms with Crippen molar-refractivity contribution < 1.29 is 9.90 Å². The summed E-state index contributed by atoms with van der Waals surface area (Å²) < 4.78 is 3.17. The van der Waals surface area contributed by atoms with Crippen LogP contribution in [0.2, 0.25) is 0 Å². The largest absolute Gasteiger partial charge is 0.478 e. The van der Waals surface area contributed by atoms with Crippen molar-refractivity contribution in [1.29, 1.82) is 0 Å². The Morgan fingerprint density at radius 2 is 1.97 bits per heavy atom. The summed E-state index contributed by atoms with van der Waals surface area (Å²) >= 11 is 0.